The number of phenols is 1. The van der Waals surface area contributed by atoms with Gasteiger partial charge in [-0.25, -0.2) is 4.39 Å². The molecule has 0 aromatic heterocycles. The zero-order chi connectivity index (χ0) is 13.8. The van der Waals surface area contributed by atoms with Gasteiger partial charge < -0.3 is 10.4 Å². The zero-order valence-corrected chi connectivity index (χ0v) is 10.5. The molecule has 4 heteroatoms. The van der Waals surface area contributed by atoms with Crippen LogP contribution < -0.4 is 5.32 Å². The Bertz CT molecular complexity index is 611. The normalized spacial score (nSPS) is 10.2. The number of carbonyl (C=O) groups excluding carboxylic acids is 1. The Morgan fingerprint density at radius 3 is 2.74 bits per heavy atom. The quantitative estimate of drug-likeness (QED) is 0.888. The van der Waals surface area contributed by atoms with Crippen molar-refractivity contribution < 1.29 is 14.3 Å². The Morgan fingerprint density at radius 1 is 1.26 bits per heavy atom. The van der Waals surface area contributed by atoms with E-state index in [-0.39, 0.29) is 11.3 Å². The first-order chi connectivity index (χ1) is 9.10. The van der Waals surface area contributed by atoms with Gasteiger partial charge >= 0.3 is 0 Å². The number of aromatic hydroxyl groups is 1. The van der Waals surface area contributed by atoms with Crippen molar-refractivity contribution in [2.75, 3.05) is 5.32 Å². The van der Waals surface area contributed by atoms with Crippen LogP contribution in [0.4, 0.5) is 10.1 Å². The van der Waals surface area contributed by atoms with E-state index in [1.54, 1.807) is 6.07 Å². The summed E-state index contributed by atoms with van der Waals surface area (Å²) in [5.41, 5.74) is 1.79. The van der Waals surface area contributed by atoms with E-state index in [1.807, 2.05) is 25.1 Å². The van der Waals surface area contributed by atoms with Crippen molar-refractivity contribution in [2.24, 2.45) is 0 Å². The molecule has 0 radical (unpaired) electrons. The molecule has 98 valence electrons. The summed E-state index contributed by atoms with van der Waals surface area (Å²) in [7, 11) is 0. The molecule has 3 nitrogen and oxygen atoms in total. The van der Waals surface area contributed by atoms with Crippen LogP contribution >= 0.6 is 0 Å². The van der Waals surface area contributed by atoms with Crippen molar-refractivity contribution in [3.8, 4) is 5.75 Å². The number of halogens is 1. The third-order valence-electron chi connectivity index (χ3n) is 2.80. The summed E-state index contributed by atoms with van der Waals surface area (Å²) >= 11 is 0. The molecule has 2 aromatic rings. The molecule has 0 bridgehead atoms. The van der Waals surface area contributed by atoms with Crippen LogP contribution in [0.3, 0.4) is 0 Å². The third-order valence-corrected chi connectivity index (χ3v) is 2.80. The van der Waals surface area contributed by atoms with Crippen LogP contribution in [0, 0.1) is 5.82 Å². The first kappa shape index (κ1) is 13.1. The van der Waals surface area contributed by atoms with E-state index in [0.29, 0.717) is 5.69 Å². The molecule has 0 spiro atoms. The summed E-state index contributed by atoms with van der Waals surface area (Å²) in [6.07, 6.45) is 0.867. The Morgan fingerprint density at radius 2 is 2.05 bits per heavy atom. The molecule has 0 heterocycles. The van der Waals surface area contributed by atoms with Gasteiger partial charge in [0.05, 0.1) is 5.56 Å². The Labute approximate surface area is 110 Å². The van der Waals surface area contributed by atoms with Crippen LogP contribution in [0.5, 0.6) is 5.75 Å². The number of benzene rings is 2. The smallest absolute Gasteiger partial charge is 0.259 e. The molecule has 0 aliphatic carbocycles. The highest BCUT2D eigenvalue weighted by Gasteiger charge is 2.12. The molecule has 2 rings (SSSR count). The fourth-order valence-corrected chi connectivity index (χ4v) is 1.76. The molecule has 0 aliphatic rings. The summed E-state index contributed by atoms with van der Waals surface area (Å²) in [5.74, 6) is -1.42. The second-order valence-corrected chi connectivity index (χ2v) is 4.17. The van der Waals surface area contributed by atoms with Crippen molar-refractivity contribution in [2.45, 2.75) is 13.3 Å². The van der Waals surface area contributed by atoms with E-state index in [9.17, 15) is 14.3 Å². The van der Waals surface area contributed by atoms with E-state index in [4.69, 9.17) is 0 Å². The van der Waals surface area contributed by atoms with Gasteiger partial charge in [0, 0.05) is 11.8 Å². The highest BCUT2D eigenvalue weighted by Crippen LogP contribution is 2.20. The third kappa shape index (κ3) is 3.10. The second kappa shape index (κ2) is 5.52. The topological polar surface area (TPSA) is 49.3 Å². The Balaban J connectivity index is 2.20. The van der Waals surface area contributed by atoms with Gasteiger partial charge in [0.15, 0.2) is 0 Å². The van der Waals surface area contributed by atoms with Gasteiger partial charge in [-0.05, 0) is 36.2 Å². The fourth-order valence-electron chi connectivity index (χ4n) is 1.76. The first-order valence-corrected chi connectivity index (χ1v) is 5.99. The minimum absolute atomic E-state index is 0.0447. The summed E-state index contributed by atoms with van der Waals surface area (Å²) < 4.78 is 12.8. The number of rotatable bonds is 3. The summed E-state index contributed by atoms with van der Waals surface area (Å²) in [6.45, 7) is 2.02. The van der Waals surface area contributed by atoms with Crippen LogP contribution in [-0.2, 0) is 6.42 Å². The minimum atomic E-state index is -0.581. The maximum Gasteiger partial charge on any atom is 0.259 e. The predicted molar refractivity (Wildman–Crippen MR) is 71.8 cm³/mol. The SMILES string of the molecule is CCc1cccc(NC(=O)c2ccc(F)cc2O)c1. The maximum absolute atomic E-state index is 12.8. The molecule has 0 fully saturated rings. The Kier molecular flexibility index (Phi) is 3.80. The number of phenolic OH excluding ortho intramolecular Hbond substituents is 1. The molecule has 0 saturated heterocycles. The van der Waals surface area contributed by atoms with E-state index < -0.39 is 11.7 Å². The first-order valence-electron chi connectivity index (χ1n) is 5.99. The van der Waals surface area contributed by atoms with Crippen LogP contribution in [0.1, 0.15) is 22.8 Å². The fraction of sp³-hybridized carbons (Fsp3) is 0.133. The maximum atomic E-state index is 12.8. The van der Waals surface area contributed by atoms with E-state index in [0.717, 1.165) is 24.1 Å². The number of amides is 1. The summed E-state index contributed by atoms with van der Waals surface area (Å²) in [6, 6.07) is 10.7. The molecular weight excluding hydrogens is 245 g/mol. The average molecular weight is 259 g/mol. The average Bonchev–Trinajstić information content (AvgIpc) is 2.38. The van der Waals surface area contributed by atoms with Crippen LogP contribution in [0.25, 0.3) is 0 Å². The summed E-state index contributed by atoms with van der Waals surface area (Å²) in [4.78, 5) is 12.0. The number of anilines is 1. The van der Waals surface area contributed by atoms with Crippen molar-refractivity contribution in [1.29, 1.82) is 0 Å². The molecule has 0 atom stereocenters. The zero-order valence-electron chi connectivity index (χ0n) is 10.5. The largest absolute Gasteiger partial charge is 0.507 e. The lowest BCUT2D eigenvalue weighted by Gasteiger charge is -2.08. The number of carbonyl (C=O) groups is 1. The van der Waals surface area contributed by atoms with Gasteiger partial charge in [-0.2, -0.15) is 0 Å². The van der Waals surface area contributed by atoms with Crippen molar-refractivity contribution in [3.05, 3.63) is 59.4 Å². The lowest BCUT2D eigenvalue weighted by atomic mass is 10.1. The number of nitrogens with one attached hydrogen (secondary N) is 1. The van der Waals surface area contributed by atoms with Gasteiger partial charge in [-0.15, -0.1) is 0 Å². The monoisotopic (exact) mass is 259 g/mol. The number of hydrogen-bond donors (Lipinski definition) is 2. The minimum Gasteiger partial charge on any atom is -0.507 e. The molecule has 0 unspecified atom stereocenters. The van der Waals surface area contributed by atoms with Gasteiger partial charge in [0.1, 0.15) is 11.6 Å². The summed E-state index contributed by atoms with van der Waals surface area (Å²) in [5, 5.41) is 12.2. The van der Waals surface area contributed by atoms with Gasteiger partial charge in [-0.1, -0.05) is 19.1 Å². The van der Waals surface area contributed by atoms with E-state index in [2.05, 4.69) is 5.32 Å². The van der Waals surface area contributed by atoms with Gasteiger partial charge in [-0.3, -0.25) is 4.79 Å². The molecule has 0 saturated carbocycles. The van der Waals surface area contributed by atoms with Gasteiger partial charge in [0.25, 0.3) is 5.91 Å². The van der Waals surface area contributed by atoms with Crippen molar-refractivity contribution in [1.82, 2.24) is 0 Å². The van der Waals surface area contributed by atoms with Crippen LogP contribution in [-0.4, -0.2) is 11.0 Å². The molecule has 0 aliphatic heterocycles. The highest BCUT2D eigenvalue weighted by atomic mass is 19.1. The second-order valence-electron chi connectivity index (χ2n) is 4.17. The Hall–Kier alpha value is -2.36. The standard InChI is InChI=1S/C15H14FNO2/c1-2-10-4-3-5-12(8-10)17-15(19)13-7-6-11(16)9-14(13)18/h3-9,18H,2H2,1H3,(H,17,19). The molecule has 2 N–H and O–H groups in total. The van der Waals surface area contributed by atoms with Crippen LogP contribution in [0.15, 0.2) is 42.5 Å². The highest BCUT2D eigenvalue weighted by molar-refractivity contribution is 6.06. The van der Waals surface area contributed by atoms with E-state index in [1.165, 1.54) is 6.07 Å². The molecule has 1 amide bonds. The van der Waals surface area contributed by atoms with Crippen molar-refractivity contribution in [3.63, 3.8) is 0 Å². The predicted octanol–water partition coefficient (Wildman–Crippen LogP) is 3.35. The number of aryl methyl sites for hydroxylation is 1. The van der Waals surface area contributed by atoms with E-state index >= 15 is 0 Å². The molecular formula is C15H14FNO2. The lowest BCUT2D eigenvalue weighted by molar-refractivity contribution is 0.102. The lowest BCUT2D eigenvalue weighted by Crippen LogP contribution is -2.12. The molecule has 19 heavy (non-hydrogen) atoms. The van der Waals surface area contributed by atoms with Gasteiger partial charge in [0.2, 0.25) is 0 Å². The van der Waals surface area contributed by atoms with Crippen molar-refractivity contribution >= 4 is 11.6 Å². The number of hydrogen-bond acceptors (Lipinski definition) is 2. The van der Waals surface area contributed by atoms with Crippen LogP contribution in [0.2, 0.25) is 0 Å². The molecule has 2 aromatic carbocycles.